The van der Waals surface area contributed by atoms with E-state index in [9.17, 15) is 26.7 Å². The zero-order valence-electron chi connectivity index (χ0n) is 11.7. The summed E-state index contributed by atoms with van der Waals surface area (Å²) < 4.78 is 65.7. The van der Waals surface area contributed by atoms with Gasteiger partial charge < -0.3 is 10.4 Å². The van der Waals surface area contributed by atoms with Gasteiger partial charge in [-0.15, -0.1) is 11.8 Å². The number of nitrogens with one attached hydrogen (secondary N) is 1. The Balaban J connectivity index is 2.89. The minimum Gasteiger partial charge on any atom is -0.396 e. The van der Waals surface area contributed by atoms with E-state index in [0.29, 0.717) is 5.75 Å². The Labute approximate surface area is 127 Å². The highest BCUT2D eigenvalue weighted by Crippen LogP contribution is 2.28. The van der Waals surface area contributed by atoms with Crippen LogP contribution in [0.5, 0.6) is 0 Å². The van der Waals surface area contributed by atoms with Gasteiger partial charge in [0.25, 0.3) is 0 Å². The van der Waals surface area contributed by atoms with Gasteiger partial charge >= 0.3 is 0 Å². The Hall–Kier alpha value is -1.35. The lowest BCUT2D eigenvalue weighted by Gasteiger charge is -2.15. The van der Waals surface area contributed by atoms with Gasteiger partial charge in [-0.25, -0.2) is 22.0 Å². The van der Waals surface area contributed by atoms with Crippen LogP contribution in [0, 0.1) is 35.0 Å². The van der Waals surface area contributed by atoms with Gasteiger partial charge in [-0.3, -0.25) is 4.79 Å². The second-order valence-electron chi connectivity index (χ2n) is 4.70. The third-order valence-corrected chi connectivity index (χ3v) is 4.25. The maximum atomic E-state index is 13.4. The first-order valence-electron chi connectivity index (χ1n) is 6.25. The van der Waals surface area contributed by atoms with Crippen molar-refractivity contribution in [3.63, 3.8) is 0 Å². The van der Waals surface area contributed by atoms with Gasteiger partial charge in [-0.2, -0.15) is 0 Å². The number of benzene rings is 1. The number of aliphatic hydroxyl groups excluding tert-OH is 1. The number of aliphatic hydroxyl groups is 1. The van der Waals surface area contributed by atoms with Gasteiger partial charge in [-0.05, 0) is 18.6 Å². The monoisotopic (exact) mass is 343 g/mol. The number of halogens is 5. The highest BCUT2D eigenvalue weighted by Gasteiger charge is 2.28. The second-order valence-corrected chi connectivity index (χ2v) is 6.07. The van der Waals surface area contributed by atoms with Crippen LogP contribution >= 0.6 is 11.8 Å². The largest absolute Gasteiger partial charge is 0.396 e. The highest BCUT2D eigenvalue weighted by atomic mass is 32.2. The Morgan fingerprint density at radius 2 is 1.50 bits per heavy atom. The van der Waals surface area contributed by atoms with Crippen molar-refractivity contribution in [2.24, 2.45) is 5.92 Å². The van der Waals surface area contributed by atoms with Crippen molar-refractivity contribution < 1.29 is 31.9 Å². The lowest BCUT2D eigenvalue weighted by Crippen LogP contribution is -2.25. The van der Waals surface area contributed by atoms with E-state index in [1.807, 2.05) is 0 Å². The fourth-order valence-electron chi connectivity index (χ4n) is 1.38. The number of rotatable bonds is 6. The maximum Gasteiger partial charge on any atom is 0.237 e. The summed E-state index contributed by atoms with van der Waals surface area (Å²) in [7, 11) is 0. The van der Waals surface area contributed by atoms with E-state index in [4.69, 9.17) is 5.11 Å². The van der Waals surface area contributed by atoms with Crippen LogP contribution in [-0.2, 0) is 4.79 Å². The first kappa shape index (κ1) is 18.7. The molecule has 0 aliphatic carbocycles. The lowest BCUT2D eigenvalue weighted by atomic mass is 10.2. The van der Waals surface area contributed by atoms with E-state index in [1.54, 1.807) is 12.2 Å². The predicted octanol–water partition coefficient (Wildman–Crippen LogP) is 3.07. The molecule has 1 amide bonds. The summed E-state index contributed by atoms with van der Waals surface area (Å²) in [6.45, 7) is 3.04. The maximum absolute atomic E-state index is 13.4. The van der Waals surface area contributed by atoms with Crippen molar-refractivity contribution in [3.8, 4) is 0 Å². The summed E-state index contributed by atoms with van der Waals surface area (Å²) >= 11 is 1.08. The molecule has 1 rings (SSSR count). The Kier molecular flexibility index (Phi) is 6.61. The molecular formula is C13H14F5NO2S. The van der Waals surface area contributed by atoms with Crippen molar-refractivity contribution in [1.82, 2.24) is 0 Å². The first-order chi connectivity index (χ1) is 10.2. The summed E-state index contributed by atoms with van der Waals surface area (Å²) in [6, 6.07) is 0. The van der Waals surface area contributed by atoms with Crippen molar-refractivity contribution in [2.45, 2.75) is 19.1 Å². The van der Waals surface area contributed by atoms with Crippen molar-refractivity contribution >= 4 is 23.4 Å². The number of carbonyl (C=O) groups excluding carboxylic acids is 1. The van der Waals surface area contributed by atoms with Crippen LogP contribution in [0.15, 0.2) is 0 Å². The third kappa shape index (κ3) is 4.10. The molecule has 1 aromatic rings. The molecule has 0 saturated carbocycles. The normalized spacial score (nSPS) is 13.8. The van der Waals surface area contributed by atoms with Crippen molar-refractivity contribution in [1.29, 1.82) is 0 Å². The molecule has 2 N–H and O–H groups in total. The number of hydrogen-bond donors (Lipinski definition) is 2. The summed E-state index contributed by atoms with van der Waals surface area (Å²) in [4.78, 5) is 11.8. The molecule has 0 aromatic heterocycles. The van der Waals surface area contributed by atoms with Crippen LogP contribution in [-0.4, -0.2) is 28.6 Å². The quantitative estimate of drug-likeness (QED) is 0.474. The Morgan fingerprint density at radius 1 is 1.05 bits per heavy atom. The third-order valence-electron chi connectivity index (χ3n) is 2.77. The molecule has 2 unspecified atom stereocenters. The van der Waals surface area contributed by atoms with Crippen LogP contribution in [0.25, 0.3) is 0 Å². The molecule has 0 fully saturated rings. The van der Waals surface area contributed by atoms with Gasteiger partial charge in [0.05, 0.1) is 5.25 Å². The molecule has 9 heteroatoms. The summed E-state index contributed by atoms with van der Waals surface area (Å²) in [5.41, 5.74) is -1.37. The van der Waals surface area contributed by atoms with Crippen molar-refractivity contribution in [2.75, 3.05) is 17.7 Å². The molecule has 2 atom stereocenters. The van der Waals surface area contributed by atoms with Crippen molar-refractivity contribution in [3.05, 3.63) is 29.1 Å². The summed E-state index contributed by atoms with van der Waals surface area (Å²) in [5, 5.41) is 9.76. The van der Waals surface area contributed by atoms with E-state index in [-0.39, 0.29) is 12.5 Å². The molecule has 0 radical (unpaired) electrons. The molecule has 0 aliphatic rings. The lowest BCUT2D eigenvalue weighted by molar-refractivity contribution is -0.115. The predicted molar refractivity (Wildman–Crippen MR) is 73.0 cm³/mol. The van der Waals surface area contributed by atoms with E-state index in [1.165, 1.54) is 6.92 Å². The molecule has 0 saturated heterocycles. The SMILES string of the molecule is CC(CO)CSC(C)C(=O)Nc1c(F)c(F)c(F)c(F)c1F. The zero-order valence-corrected chi connectivity index (χ0v) is 12.5. The van der Waals surface area contributed by atoms with E-state index >= 15 is 0 Å². The van der Waals surface area contributed by atoms with Crippen LogP contribution < -0.4 is 5.32 Å². The summed E-state index contributed by atoms with van der Waals surface area (Å²) in [5.74, 6) is -11.3. The molecule has 0 heterocycles. The molecule has 0 aliphatic heterocycles. The first-order valence-corrected chi connectivity index (χ1v) is 7.30. The van der Waals surface area contributed by atoms with Gasteiger partial charge in [-0.1, -0.05) is 6.92 Å². The van der Waals surface area contributed by atoms with Crippen LogP contribution in [0.2, 0.25) is 0 Å². The second kappa shape index (κ2) is 7.77. The van der Waals surface area contributed by atoms with Gasteiger partial charge in [0.15, 0.2) is 23.3 Å². The van der Waals surface area contributed by atoms with Crippen LogP contribution in [0.4, 0.5) is 27.6 Å². The fourth-order valence-corrected chi connectivity index (χ4v) is 2.31. The minimum absolute atomic E-state index is 0.0982. The smallest absolute Gasteiger partial charge is 0.237 e. The van der Waals surface area contributed by atoms with E-state index < -0.39 is 45.9 Å². The van der Waals surface area contributed by atoms with Gasteiger partial charge in [0, 0.05) is 6.61 Å². The number of thioether (sulfide) groups is 1. The highest BCUT2D eigenvalue weighted by molar-refractivity contribution is 8.00. The molecule has 3 nitrogen and oxygen atoms in total. The van der Waals surface area contributed by atoms with Crippen LogP contribution in [0.3, 0.4) is 0 Å². The van der Waals surface area contributed by atoms with Gasteiger partial charge in [0.2, 0.25) is 11.7 Å². The fraction of sp³-hybridized carbons (Fsp3) is 0.462. The van der Waals surface area contributed by atoms with Crippen LogP contribution in [0.1, 0.15) is 13.8 Å². The van der Waals surface area contributed by atoms with E-state index in [2.05, 4.69) is 0 Å². The van der Waals surface area contributed by atoms with Gasteiger partial charge in [0.1, 0.15) is 5.69 Å². The number of amides is 1. The topological polar surface area (TPSA) is 49.3 Å². The molecule has 22 heavy (non-hydrogen) atoms. The standard InChI is InChI=1S/C13H14F5NO2S/c1-5(3-20)4-22-6(2)13(21)19-12-10(17)8(15)7(14)9(16)11(12)18/h5-6,20H,3-4H2,1-2H3,(H,19,21). The summed E-state index contributed by atoms with van der Waals surface area (Å²) in [6.07, 6.45) is 0. The molecule has 0 spiro atoms. The molecule has 124 valence electrons. The number of anilines is 1. The Bertz CT molecular complexity index is 541. The Morgan fingerprint density at radius 3 is 1.95 bits per heavy atom. The van der Waals surface area contributed by atoms with E-state index in [0.717, 1.165) is 11.8 Å². The zero-order chi connectivity index (χ0) is 17.0. The molecule has 0 bridgehead atoms. The number of hydrogen-bond acceptors (Lipinski definition) is 3. The molecular weight excluding hydrogens is 329 g/mol. The average Bonchev–Trinajstić information content (AvgIpc) is 2.52. The minimum atomic E-state index is -2.29. The number of carbonyl (C=O) groups is 1. The average molecular weight is 343 g/mol. The molecule has 1 aromatic carbocycles.